The van der Waals surface area contributed by atoms with Crippen LogP contribution in [0, 0.1) is 0 Å². The van der Waals surface area contributed by atoms with E-state index in [0.717, 1.165) is 0 Å². The average molecular weight is 136 g/mol. The van der Waals surface area contributed by atoms with Gasteiger partial charge in [0, 0.05) is 0 Å². The van der Waals surface area contributed by atoms with Crippen molar-refractivity contribution in [2.45, 2.75) is 12.5 Å². The van der Waals surface area contributed by atoms with E-state index in [2.05, 4.69) is 0 Å². The van der Waals surface area contributed by atoms with Crippen molar-refractivity contribution >= 4 is 9.84 Å². The van der Waals surface area contributed by atoms with Gasteiger partial charge in [-0.1, -0.05) is 0 Å². The molecule has 0 aromatic heterocycles. The molecule has 1 atom stereocenters. The summed E-state index contributed by atoms with van der Waals surface area (Å²) in [6.45, 7) is 0. The van der Waals surface area contributed by atoms with Crippen molar-refractivity contribution in [3.8, 4) is 0 Å². The van der Waals surface area contributed by atoms with Crippen molar-refractivity contribution in [2.24, 2.45) is 0 Å². The van der Waals surface area contributed by atoms with Gasteiger partial charge in [-0.3, -0.25) is 0 Å². The zero-order valence-electron chi connectivity index (χ0n) is 4.37. The molecular weight excluding hydrogens is 128 g/mol. The average Bonchev–Trinajstić information content (AvgIpc) is 1.82. The fraction of sp³-hybridized carbons (Fsp3) is 1.00. The van der Waals surface area contributed by atoms with Gasteiger partial charge in [0.25, 0.3) is 0 Å². The van der Waals surface area contributed by atoms with Gasteiger partial charge in [-0.15, -0.1) is 0 Å². The van der Waals surface area contributed by atoms with Crippen LogP contribution in [0.2, 0.25) is 0 Å². The number of hydrogen-bond donors (Lipinski definition) is 1. The summed E-state index contributed by atoms with van der Waals surface area (Å²) < 4.78 is 21.0. The third-order valence-electron chi connectivity index (χ3n) is 1.21. The molecule has 8 heavy (non-hydrogen) atoms. The molecule has 0 aliphatic carbocycles. The maximum absolute atomic E-state index is 10.5. The predicted octanol–water partition coefficient (Wildman–Crippen LogP) is -0.834. The monoisotopic (exact) mass is 136 g/mol. The number of aliphatic hydroxyl groups excluding tert-OH is 1. The van der Waals surface area contributed by atoms with Gasteiger partial charge in [-0.05, 0) is 6.42 Å². The Bertz CT molecular complexity index is 170. The molecule has 1 aliphatic rings. The lowest BCUT2D eigenvalue weighted by molar-refractivity contribution is 0.202. The van der Waals surface area contributed by atoms with Crippen LogP contribution in [0.5, 0.6) is 0 Å². The van der Waals surface area contributed by atoms with E-state index in [4.69, 9.17) is 5.11 Å². The second-order valence-electron chi connectivity index (χ2n) is 2.06. The molecule has 3 nitrogen and oxygen atoms in total. The summed E-state index contributed by atoms with van der Waals surface area (Å²) in [5.41, 5.74) is 0. The largest absolute Gasteiger partial charge is 0.392 e. The molecule has 0 spiro atoms. The standard InChI is InChI=1S/C4H8O3S/c5-4-1-2-8(6,7)3-4/h4-5H,1-3H2/t4-/m1/s1. The highest BCUT2D eigenvalue weighted by molar-refractivity contribution is 7.91. The summed E-state index contributed by atoms with van der Waals surface area (Å²) in [6, 6.07) is 0. The summed E-state index contributed by atoms with van der Waals surface area (Å²) in [5, 5.41) is 8.69. The molecular formula is C4H8O3S. The number of hydrogen-bond acceptors (Lipinski definition) is 3. The van der Waals surface area contributed by atoms with Crippen LogP contribution in [0.15, 0.2) is 0 Å². The Morgan fingerprint density at radius 1 is 1.50 bits per heavy atom. The Hall–Kier alpha value is -0.0900. The van der Waals surface area contributed by atoms with E-state index < -0.39 is 15.9 Å². The predicted molar refractivity (Wildman–Crippen MR) is 29.3 cm³/mol. The number of aliphatic hydroxyl groups is 1. The summed E-state index contributed by atoms with van der Waals surface area (Å²) in [5.74, 6) is 0.126. The summed E-state index contributed by atoms with van der Waals surface area (Å²) >= 11 is 0. The second kappa shape index (κ2) is 1.70. The molecule has 1 rings (SSSR count). The van der Waals surface area contributed by atoms with Crippen molar-refractivity contribution in [2.75, 3.05) is 11.5 Å². The molecule has 4 heteroatoms. The smallest absolute Gasteiger partial charge is 0.152 e. The molecule has 0 radical (unpaired) electrons. The van der Waals surface area contributed by atoms with Gasteiger partial charge < -0.3 is 5.11 Å². The lowest BCUT2D eigenvalue weighted by atomic mass is 10.3. The van der Waals surface area contributed by atoms with Gasteiger partial charge in [0.2, 0.25) is 0 Å². The number of sulfone groups is 1. The molecule has 1 heterocycles. The molecule has 1 saturated heterocycles. The fourth-order valence-corrected chi connectivity index (χ4v) is 2.33. The Labute approximate surface area is 48.2 Å². The number of rotatable bonds is 0. The SMILES string of the molecule is O=S1(=O)CC[C@@H](O)C1. The highest BCUT2D eigenvalue weighted by atomic mass is 32.2. The first-order valence-corrected chi connectivity index (χ1v) is 4.31. The van der Waals surface area contributed by atoms with Crippen LogP contribution in [-0.2, 0) is 9.84 Å². The molecule has 1 N–H and O–H groups in total. The zero-order valence-corrected chi connectivity index (χ0v) is 5.19. The Kier molecular flexibility index (Phi) is 1.28. The van der Waals surface area contributed by atoms with Gasteiger partial charge in [0.15, 0.2) is 9.84 Å². The molecule has 48 valence electrons. The Morgan fingerprint density at radius 3 is 2.25 bits per heavy atom. The van der Waals surface area contributed by atoms with Gasteiger partial charge >= 0.3 is 0 Å². The Morgan fingerprint density at radius 2 is 2.12 bits per heavy atom. The van der Waals surface area contributed by atoms with E-state index in [-0.39, 0.29) is 11.5 Å². The molecule has 0 saturated carbocycles. The van der Waals surface area contributed by atoms with E-state index in [1.807, 2.05) is 0 Å². The second-order valence-corrected chi connectivity index (χ2v) is 4.29. The molecule has 0 bridgehead atoms. The Balaban J connectivity index is 2.71. The molecule has 0 amide bonds. The van der Waals surface area contributed by atoms with Gasteiger partial charge in [0.05, 0.1) is 17.6 Å². The van der Waals surface area contributed by atoms with Crippen LogP contribution < -0.4 is 0 Å². The van der Waals surface area contributed by atoms with Crippen molar-refractivity contribution in [3.05, 3.63) is 0 Å². The first-order valence-electron chi connectivity index (χ1n) is 2.49. The minimum atomic E-state index is -2.85. The highest BCUT2D eigenvalue weighted by Gasteiger charge is 2.25. The van der Waals surface area contributed by atoms with Crippen LogP contribution in [0.25, 0.3) is 0 Å². The van der Waals surface area contributed by atoms with Crippen molar-refractivity contribution in [1.82, 2.24) is 0 Å². The van der Waals surface area contributed by atoms with E-state index in [1.54, 1.807) is 0 Å². The van der Waals surface area contributed by atoms with Crippen LogP contribution in [-0.4, -0.2) is 31.1 Å². The third kappa shape index (κ3) is 1.20. The molecule has 0 aromatic rings. The first kappa shape index (κ1) is 6.04. The topological polar surface area (TPSA) is 54.4 Å². The molecule has 0 aromatic carbocycles. The van der Waals surface area contributed by atoms with Gasteiger partial charge in [0.1, 0.15) is 0 Å². The van der Waals surface area contributed by atoms with Crippen LogP contribution in [0.4, 0.5) is 0 Å². The summed E-state index contributed by atoms with van der Waals surface area (Å²) in [7, 11) is -2.85. The maximum Gasteiger partial charge on any atom is 0.152 e. The van der Waals surface area contributed by atoms with Crippen molar-refractivity contribution in [3.63, 3.8) is 0 Å². The van der Waals surface area contributed by atoms with E-state index in [9.17, 15) is 8.42 Å². The van der Waals surface area contributed by atoms with Gasteiger partial charge in [-0.25, -0.2) is 8.42 Å². The normalized spacial score (nSPS) is 35.4. The summed E-state index contributed by atoms with van der Waals surface area (Å²) in [4.78, 5) is 0. The fourth-order valence-electron chi connectivity index (χ4n) is 0.775. The lowest BCUT2D eigenvalue weighted by Gasteiger charge is -1.90. The molecule has 1 fully saturated rings. The minimum absolute atomic E-state index is 0.0347. The van der Waals surface area contributed by atoms with Crippen LogP contribution in [0.1, 0.15) is 6.42 Å². The minimum Gasteiger partial charge on any atom is -0.392 e. The van der Waals surface area contributed by atoms with Crippen molar-refractivity contribution in [1.29, 1.82) is 0 Å². The van der Waals surface area contributed by atoms with Crippen LogP contribution >= 0.6 is 0 Å². The third-order valence-corrected chi connectivity index (χ3v) is 2.96. The van der Waals surface area contributed by atoms with E-state index in [0.29, 0.717) is 6.42 Å². The maximum atomic E-state index is 10.5. The summed E-state index contributed by atoms with van der Waals surface area (Å²) in [6.07, 6.45) is -0.178. The molecule has 0 unspecified atom stereocenters. The zero-order chi connectivity index (χ0) is 6.20. The van der Waals surface area contributed by atoms with Gasteiger partial charge in [-0.2, -0.15) is 0 Å². The lowest BCUT2D eigenvalue weighted by Crippen LogP contribution is -2.07. The molecule has 1 aliphatic heterocycles. The van der Waals surface area contributed by atoms with Crippen molar-refractivity contribution < 1.29 is 13.5 Å². The highest BCUT2D eigenvalue weighted by Crippen LogP contribution is 2.09. The van der Waals surface area contributed by atoms with E-state index >= 15 is 0 Å². The van der Waals surface area contributed by atoms with Crippen LogP contribution in [0.3, 0.4) is 0 Å². The van der Waals surface area contributed by atoms with E-state index in [1.165, 1.54) is 0 Å². The first-order chi connectivity index (χ1) is 3.60. The quantitative estimate of drug-likeness (QED) is 0.472.